The molecule has 0 N–H and O–H groups in total. The maximum Gasteiger partial charge on any atom is 0.410 e. The highest BCUT2D eigenvalue weighted by molar-refractivity contribution is 5.84. The SMILES string of the molecule is CC(C)CN(Cc1nccc2ccccc12)C1CCN(C(=O)OC(C)(C)C)CC1. The average molecular weight is 398 g/mol. The van der Waals surface area contributed by atoms with Gasteiger partial charge in [0.1, 0.15) is 5.60 Å². The summed E-state index contributed by atoms with van der Waals surface area (Å²) in [6.45, 7) is 13.6. The summed E-state index contributed by atoms with van der Waals surface area (Å²) in [5, 5.41) is 2.47. The highest BCUT2D eigenvalue weighted by Crippen LogP contribution is 2.24. The van der Waals surface area contributed by atoms with Crippen LogP contribution in [0.1, 0.15) is 53.2 Å². The molecule has 5 heteroatoms. The van der Waals surface area contributed by atoms with Crippen LogP contribution in [0.3, 0.4) is 0 Å². The Morgan fingerprint density at radius 3 is 2.55 bits per heavy atom. The van der Waals surface area contributed by atoms with Gasteiger partial charge in [-0.3, -0.25) is 9.88 Å². The van der Waals surface area contributed by atoms with Gasteiger partial charge in [-0.05, 0) is 51.0 Å². The molecule has 0 bridgehead atoms. The molecule has 1 saturated heterocycles. The number of carbonyl (C=O) groups is 1. The molecule has 1 fully saturated rings. The number of piperidine rings is 1. The van der Waals surface area contributed by atoms with E-state index in [0.717, 1.165) is 44.7 Å². The van der Waals surface area contributed by atoms with Crippen molar-refractivity contribution in [1.29, 1.82) is 0 Å². The number of ether oxygens (including phenoxy) is 1. The van der Waals surface area contributed by atoms with E-state index >= 15 is 0 Å². The van der Waals surface area contributed by atoms with E-state index in [4.69, 9.17) is 9.72 Å². The van der Waals surface area contributed by atoms with Crippen molar-refractivity contribution in [3.63, 3.8) is 0 Å². The van der Waals surface area contributed by atoms with Crippen molar-refractivity contribution < 1.29 is 9.53 Å². The van der Waals surface area contributed by atoms with Gasteiger partial charge in [0.25, 0.3) is 0 Å². The van der Waals surface area contributed by atoms with Crippen LogP contribution in [0.2, 0.25) is 0 Å². The van der Waals surface area contributed by atoms with Crippen LogP contribution < -0.4 is 0 Å². The van der Waals surface area contributed by atoms with E-state index in [-0.39, 0.29) is 6.09 Å². The van der Waals surface area contributed by atoms with Gasteiger partial charge in [-0.1, -0.05) is 38.1 Å². The highest BCUT2D eigenvalue weighted by atomic mass is 16.6. The maximum absolute atomic E-state index is 12.4. The van der Waals surface area contributed by atoms with Gasteiger partial charge < -0.3 is 9.64 Å². The molecule has 1 aliphatic heterocycles. The molecule has 158 valence electrons. The first-order valence-electron chi connectivity index (χ1n) is 10.8. The zero-order chi connectivity index (χ0) is 21.0. The largest absolute Gasteiger partial charge is 0.444 e. The van der Waals surface area contributed by atoms with E-state index in [1.165, 1.54) is 10.8 Å². The van der Waals surface area contributed by atoms with Gasteiger partial charge in [0.05, 0.1) is 5.69 Å². The van der Waals surface area contributed by atoms with Crippen molar-refractivity contribution in [2.75, 3.05) is 19.6 Å². The first kappa shape index (κ1) is 21.6. The van der Waals surface area contributed by atoms with E-state index in [2.05, 4.69) is 49.1 Å². The lowest BCUT2D eigenvalue weighted by Gasteiger charge is -2.39. The normalized spacial score (nSPS) is 16.0. The molecule has 0 spiro atoms. The Hall–Kier alpha value is -2.14. The lowest BCUT2D eigenvalue weighted by atomic mass is 10.0. The summed E-state index contributed by atoms with van der Waals surface area (Å²) in [6.07, 6.45) is 3.66. The number of carbonyl (C=O) groups excluding carboxylic acids is 1. The number of hydrogen-bond donors (Lipinski definition) is 0. The Kier molecular flexibility index (Phi) is 6.78. The van der Waals surface area contributed by atoms with Gasteiger partial charge >= 0.3 is 6.09 Å². The van der Waals surface area contributed by atoms with Gasteiger partial charge in [-0.2, -0.15) is 0 Å². The van der Waals surface area contributed by atoms with Gasteiger partial charge in [-0.15, -0.1) is 0 Å². The third-order valence-electron chi connectivity index (χ3n) is 5.34. The van der Waals surface area contributed by atoms with Crippen LogP contribution in [0.25, 0.3) is 10.8 Å². The summed E-state index contributed by atoms with van der Waals surface area (Å²) < 4.78 is 5.54. The molecule has 0 saturated carbocycles. The van der Waals surface area contributed by atoms with E-state index in [1.54, 1.807) is 0 Å². The molecule has 0 atom stereocenters. The molecule has 0 unspecified atom stereocenters. The van der Waals surface area contributed by atoms with Crippen LogP contribution in [0.4, 0.5) is 4.79 Å². The van der Waals surface area contributed by atoms with Crippen molar-refractivity contribution >= 4 is 16.9 Å². The molecule has 2 heterocycles. The first-order valence-corrected chi connectivity index (χ1v) is 10.8. The summed E-state index contributed by atoms with van der Waals surface area (Å²) in [5.41, 5.74) is 0.691. The number of fused-ring (bicyclic) bond motifs is 1. The first-order chi connectivity index (χ1) is 13.7. The van der Waals surface area contributed by atoms with Crippen LogP contribution in [0.15, 0.2) is 36.5 Å². The van der Waals surface area contributed by atoms with Crippen molar-refractivity contribution in [2.45, 2.75) is 65.6 Å². The molecule has 1 aromatic heterocycles. The minimum Gasteiger partial charge on any atom is -0.444 e. The molecule has 29 heavy (non-hydrogen) atoms. The molecule has 0 radical (unpaired) electrons. The van der Waals surface area contributed by atoms with Gasteiger partial charge in [0, 0.05) is 43.8 Å². The van der Waals surface area contributed by atoms with E-state index in [0.29, 0.717) is 12.0 Å². The standard InChI is InChI=1S/C24H35N3O2/c1-18(2)16-27(17-22-21-9-7-6-8-19(21)10-13-25-22)20-11-14-26(15-12-20)23(28)29-24(3,4)5/h6-10,13,18,20H,11-12,14-17H2,1-5H3. The molecular formula is C24H35N3O2. The lowest BCUT2D eigenvalue weighted by molar-refractivity contribution is 0.0128. The van der Waals surface area contributed by atoms with Gasteiger partial charge in [-0.25, -0.2) is 4.79 Å². The molecule has 3 rings (SSSR count). The predicted octanol–water partition coefficient (Wildman–Crippen LogP) is 5.09. The third kappa shape index (κ3) is 5.92. The molecule has 5 nitrogen and oxygen atoms in total. The minimum atomic E-state index is -0.447. The fraction of sp³-hybridized carbons (Fsp3) is 0.583. The second kappa shape index (κ2) is 9.12. The summed E-state index contributed by atoms with van der Waals surface area (Å²) in [4.78, 5) is 21.5. The summed E-state index contributed by atoms with van der Waals surface area (Å²) in [6, 6.07) is 11.0. The molecule has 1 amide bonds. The van der Waals surface area contributed by atoms with Crippen molar-refractivity contribution in [2.24, 2.45) is 5.92 Å². The quantitative estimate of drug-likeness (QED) is 0.705. The fourth-order valence-electron chi connectivity index (χ4n) is 4.05. The lowest BCUT2D eigenvalue weighted by Crippen LogP contribution is -2.48. The summed E-state index contributed by atoms with van der Waals surface area (Å²) in [7, 11) is 0. The monoisotopic (exact) mass is 397 g/mol. The Morgan fingerprint density at radius 2 is 1.90 bits per heavy atom. The van der Waals surface area contributed by atoms with Crippen LogP contribution >= 0.6 is 0 Å². The number of aromatic nitrogens is 1. The number of likely N-dealkylation sites (tertiary alicyclic amines) is 1. The molecule has 2 aromatic rings. The Bertz CT molecular complexity index is 815. The number of pyridine rings is 1. The summed E-state index contributed by atoms with van der Waals surface area (Å²) in [5.74, 6) is 0.578. The highest BCUT2D eigenvalue weighted by Gasteiger charge is 2.30. The van der Waals surface area contributed by atoms with Gasteiger partial charge in [0.15, 0.2) is 0 Å². The van der Waals surface area contributed by atoms with Crippen LogP contribution in [0, 0.1) is 5.92 Å². The predicted molar refractivity (Wildman–Crippen MR) is 118 cm³/mol. The Balaban J connectivity index is 1.69. The molecular weight excluding hydrogens is 362 g/mol. The number of rotatable bonds is 5. The van der Waals surface area contributed by atoms with Crippen LogP contribution in [-0.2, 0) is 11.3 Å². The van der Waals surface area contributed by atoms with Crippen LogP contribution in [-0.4, -0.2) is 52.2 Å². The Labute approximate surface area is 175 Å². The van der Waals surface area contributed by atoms with Crippen molar-refractivity contribution in [3.05, 3.63) is 42.2 Å². The minimum absolute atomic E-state index is 0.193. The topological polar surface area (TPSA) is 45.7 Å². The van der Waals surface area contributed by atoms with Crippen molar-refractivity contribution in [1.82, 2.24) is 14.8 Å². The van der Waals surface area contributed by atoms with Crippen LogP contribution in [0.5, 0.6) is 0 Å². The second-order valence-electron chi connectivity index (χ2n) is 9.50. The van der Waals surface area contributed by atoms with E-state index < -0.39 is 5.60 Å². The molecule has 1 aromatic carbocycles. The zero-order valence-corrected chi connectivity index (χ0v) is 18.5. The van der Waals surface area contributed by atoms with Gasteiger partial charge in [0.2, 0.25) is 0 Å². The van der Waals surface area contributed by atoms with E-state index in [1.807, 2.05) is 31.9 Å². The summed E-state index contributed by atoms with van der Waals surface area (Å²) >= 11 is 0. The third-order valence-corrected chi connectivity index (χ3v) is 5.34. The second-order valence-corrected chi connectivity index (χ2v) is 9.50. The smallest absolute Gasteiger partial charge is 0.410 e. The number of amides is 1. The number of benzene rings is 1. The number of hydrogen-bond acceptors (Lipinski definition) is 4. The number of nitrogens with zero attached hydrogens (tertiary/aromatic N) is 3. The average Bonchev–Trinajstić information content (AvgIpc) is 2.66. The zero-order valence-electron chi connectivity index (χ0n) is 18.5. The Morgan fingerprint density at radius 1 is 1.21 bits per heavy atom. The molecule has 0 aliphatic carbocycles. The molecule has 1 aliphatic rings. The maximum atomic E-state index is 12.4. The fourth-order valence-corrected chi connectivity index (χ4v) is 4.05. The van der Waals surface area contributed by atoms with E-state index in [9.17, 15) is 4.79 Å². The van der Waals surface area contributed by atoms with Crippen molar-refractivity contribution in [3.8, 4) is 0 Å².